The van der Waals surface area contributed by atoms with Crippen LogP contribution in [0.2, 0.25) is 0 Å². The number of carbonyl (C=O) groups is 5. The van der Waals surface area contributed by atoms with Crippen LogP contribution in [0.1, 0.15) is 31.2 Å². The van der Waals surface area contributed by atoms with Crippen LogP contribution in [-0.2, 0) is 30.4 Å². The Morgan fingerprint density at radius 2 is 1.78 bits per heavy atom. The Balaban J connectivity index is 2.20. The number of carboxylic acid groups (broad SMARTS) is 2. The topological polar surface area (TPSA) is 199 Å². The van der Waals surface area contributed by atoms with E-state index in [1.54, 1.807) is 12.1 Å². The number of carbonyl (C=O) groups excluding carboxylic acids is 3. The van der Waals surface area contributed by atoms with E-state index in [2.05, 4.69) is 10.6 Å². The summed E-state index contributed by atoms with van der Waals surface area (Å²) in [4.78, 5) is 62.6. The number of aromatic hydroxyl groups is 1. The molecule has 2 rings (SSSR count). The van der Waals surface area contributed by atoms with E-state index in [1.807, 2.05) is 6.26 Å². The third kappa shape index (κ3) is 8.41. The fourth-order valence-electron chi connectivity index (χ4n) is 3.90. The highest BCUT2D eigenvalue weighted by atomic mass is 32.2. The molecule has 36 heavy (non-hydrogen) atoms. The van der Waals surface area contributed by atoms with Crippen molar-refractivity contribution in [2.75, 3.05) is 18.6 Å². The summed E-state index contributed by atoms with van der Waals surface area (Å²) >= 11 is 1.43. The van der Waals surface area contributed by atoms with Crippen LogP contribution in [0.5, 0.6) is 5.75 Å². The van der Waals surface area contributed by atoms with Crippen molar-refractivity contribution in [1.82, 2.24) is 15.5 Å². The Bertz CT molecular complexity index is 958. The lowest BCUT2D eigenvalue weighted by molar-refractivity contribution is -0.144. The van der Waals surface area contributed by atoms with E-state index in [0.717, 1.165) is 0 Å². The molecule has 0 spiro atoms. The van der Waals surface area contributed by atoms with E-state index in [1.165, 1.54) is 28.8 Å². The van der Waals surface area contributed by atoms with Crippen LogP contribution >= 0.6 is 11.8 Å². The predicted octanol–water partition coefficient (Wildman–Crippen LogP) is -0.465. The van der Waals surface area contributed by atoms with Crippen LogP contribution in [0.25, 0.3) is 0 Å². The molecule has 4 atom stereocenters. The molecule has 4 unspecified atom stereocenters. The van der Waals surface area contributed by atoms with Gasteiger partial charge in [0.25, 0.3) is 0 Å². The summed E-state index contributed by atoms with van der Waals surface area (Å²) in [5.41, 5.74) is 6.31. The molecule has 7 N–H and O–H groups in total. The van der Waals surface area contributed by atoms with Crippen molar-refractivity contribution in [3.8, 4) is 5.75 Å². The molecule has 198 valence electrons. The first kappa shape index (κ1) is 28.9. The number of nitrogens with two attached hydrogens (primary N) is 1. The Hall–Kier alpha value is -3.32. The summed E-state index contributed by atoms with van der Waals surface area (Å²) in [7, 11) is 0. The Morgan fingerprint density at radius 3 is 2.36 bits per heavy atom. The highest BCUT2D eigenvalue weighted by Crippen LogP contribution is 2.20. The van der Waals surface area contributed by atoms with Crippen LogP contribution in [0.3, 0.4) is 0 Å². The molecule has 1 aromatic carbocycles. The van der Waals surface area contributed by atoms with Gasteiger partial charge in [-0.05, 0) is 49.0 Å². The molecule has 0 aliphatic carbocycles. The van der Waals surface area contributed by atoms with Crippen LogP contribution in [0, 0.1) is 0 Å². The van der Waals surface area contributed by atoms with Gasteiger partial charge in [-0.3, -0.25) is 19.2 Å². The van der Waals surface area contributed by atoms with Gasteiger partial charge in [-0.15, -0.1) is 0 Å². The highest BCUT2D eigenvalue weighted by molar-refractivity contribution is 7.98. The lowest BCUT2D eigenvalue weighted by atomic mass is 10.0. The zero-order valence-corrected chi connectivity index (χ0v) is 20.7. The standard InChI is InChI=1S/C23H32N4O8S/c1-36-10-8-16(23(34)35)25-20(31)17(11-13-4-6-14(28)7-5-13)26-21(32)18-3-2-9-27(18)22(33)15(24)12-19(29)30/h4-7,15-18,28H,2-3,8-12,24H2,1H3,(H,25,31)(H,26,32)(H,29,30)(H,34,35). The van der Waals surface area contributed by atoms with Gasteiger partial charge in [0, 0.05) is 13.0 Å². The molecule has 0 radical (unpaired) electrons. The molecule has 1 saturated heterocycles. The number of thioether (sulfide) groups is 1. The summed E-state index contributed by atoms with van der Waals surface area (Å²) in [5.74, 6) is -3.92. The van der Waals surface area contributed by atoms with Crippen molar-refractivity contribution in [2.24, 2.45) is 5.73 Å². The van der Waals surface area contributed by atoms with E-state index in [4.69, 9.17) is 10.8 Å². The molecule has 1 fully saturated rings. The number of aliphatic carboxylic acids is 2. The second-order valence-electron chi connectivity index (χ2n) is 8.51. The number of nitrogens with zero attached hydrogens (tertiary/aromatic N) is 1. The maximum absolute atomic E-state index is 13.2. The molecule has 1 aliphatic rings. The molecule has 12 nitrogen and oxygen atoms in total. The van der Waals surface area contributed by atoms with E-state index in [0.29, 0.717) is 24.2 Å². The third-order valence-corrected chi connectivity index (χ3v) is 6.43. The smallest absolute Gasteiger partial charge is 0.326 e. The van der Waals surface area contributed by atoms with Gasteiger partial charge in [0.15, 0.2) is 0 Å². The van der Waals surface area contributed by atoms with Crippen molar-refractivity contribution in [1.29, 1.82) is 0 Å². The second kappa shape index (κ2) is 13.7. The number of hydrogen-bond acceptors (Lipinski definition) is 8. The molecule has 0 bridgehead atoms. The van der Waals surface area contributed by atoms with Gasteiger partial charge in [-0.25, -0.2) is 4.79 Å². The monoisotopic (exact) mass is 524 g/mol. The second-order valence-corrected chi connectivity index (χ2v) is 9.49. The number of phenolic OH excluding ortho intramolecular Hbond substituents is 1. The minimum atomic E-state index is -1.31. The summed E-state index contributed by atoms with van der Waals surface area (Å²) < 4.78 is 0. The van der Waals surface area contributed by atoms with Crippen LogP contribution < -0.4 is 16.4 Å². The van der Waals surface area contributed by atoms with E-state index in [-0.39, 0.29) is 25.1 Å². The largest absolute Gasteiger partial charge is 0.508 e. The molecule has 1 aromatic rings. The molecular formula is C23H32N4O8S. The number of carboxylic acids is 2. The lowest BCUT2D eigenvalue weighted by Crippen LogP contribution is -2.57. The summed E-state index contributed by atoms with van der Waals surface area (Å²) in [6.45, 7) is 0.217. The number of benzene rings is 1. The van der Waals surface area contributed by atoms with Crippen LogP contribution in [0.15, 0.2) is 24.3 Å². The molecule has 1 heterocycles. The predicted molar refractivity (Wildman–Crippen MR) is 131 cm³/mol. The molecular weight excluding hydrogens is 492 g/mol. The van der Waals surface area contributed by atoms with Crippen molar-refractivity contribution in [3.05, 3.63) is 29.8 Å². The minimum absolute atomic E-state index is 0.00587. The average Bonchev–Trinajstić information content (AvgIpc) is 3.31. The number of hydrogen-bond donors (Lipinski definition) is 6. The molecule has 13 heteroatoms. The normalized spacial score (nSPS) is 17.6. The number of likely N-dealkylation sites (tertiary alicyclic amines) is 1. The van der Waals surface area contributed by atoms with Gasteiger partial charge in [0.05, 0.1) is 12.5 Å². The summed E-state index contributed by atoms with van der Waals surface area (Å²) in [5, 5.41) is 33.0. The zero-order valence-electron chi connectivity index (χ0n) is 19.9. The fraction of sp³-hybridized carbons (Fsp3) is 0.522. The van der Waals surface area contributed by atoms with Crippen LogP contribution in [0.4, 0.5) is 0 Å². The summed E-state index contributed by atoms with van der Waals surface area (Å²) in [6, 6.07) is 1.42. The first-order chi connectivity index (χ1) is 17.0. The molecule has 1 aliphatic heterocycles. The summed E-state index contributed by atoms with van der Waals surface area (Å²) in [6.07, 6.45) is 2.22. The van der Waals surface area contributed by atoms with Gasteiger partial charge in [-0.1, -0.05) is 12.1 Å². The Kier molecular flexibility index (Phi) is 11.0. The SMILES string of the molecule is CSCCC(NC(=O)C(Cc1ccc(O)cc1)NC(=O)C1CCCN1C(=O)C(N)CC(=O)O)C(=O)O. The van der Waals surface area contributed by atoms with Gasteiger partial charge in [-0.2, -0.15) is 11.8 Å². The highest BCUT2D eigenvalue weighted by Gasteiger charge is 2.38. The van der Waals surface area contributed by atoms with E-state index in [9.17, 15) is 34.2 Å². The average molecular weight is 525 g/mol. The van der Waals surface area contributed by atoms with Gasteiger partial charge in [0.2, 0.25) is 17.7 Å². The Morgan fingerprint density at radius 1 is 1.11 bits per heavy atom. The maximum atomic E-state index is 13.2. The first-order valence-electron chi connectivity index (χ1n) is 11.4. The number of phenols is 1. The van der Waals surface area contributed by atoms with Gasteiger partial charge < -0.3 is 36.6 Å². The van der Waals surface area contributed by atoms with E-state index >= 15 is 0 Å². The first-order valence-corrected chi connectivity index (χ1v) is 12.8. The van der Waals surface area contributed by atoms with Crippen molar-refractivity contribution in [2.45, 2.75) is 56.3 Å². The molecule has 0 saturated carbocycles. The molecule has 3 amide bonds. The van der Waals surface area contributed by atoms with Crippen molar-refractivity contribution in [3.63, 3.8) is 0 Å². The van der Waals surface area contributed by atoms with Gasteiger partial charge >= 0.3 is 11.9 Å². The quantitative estimate of drug-likeness (QED) is 0.196. The fourth-order valence-corrected chi connectivity index (χ4v) is 4.37. The third-order valence-electron chi connectivity index (χ3n) is 5.78. The lowest BCUT2D eigenvalue weighted by Gasteiger charge is -2.28. The van der Waals surface area contributed by atoms with Crippen molar-refractivity contribution >= 4 is 41.4 Å². The number of rotatable bonds is 13. The number of nitrogens with one attached hydrogen (secondary N) is 2. The Labute approximate surface area is 212 Å². The minimum Gasteiger partial charge on any atom is -0.508 e. The van der Waals surface area contributed by atoms with Crippen molar-refractivity contribution < 1.29 is 39.3 Å². The van der Waals surface area contributed by atoms with E-state index < -0.39 is 60.2 Å². The van der Waals surface area contributed by atoms with Crippen LogP contribution in [-0.4, -0.2) is 92.6 Å². The maximum Gasteiger partial charge on any atom is 0.326 e. The zero-order chi connectivity index (χ0) is 26.8. The molecule has 0 aromatic heterocycles. The van der Waals surface area contributed by atoms with Gasteiger partial charge in [0.1, 0.15) is 23.9 Å². The number of amides is 3.